The third-order valence-corrected chi connectivity index (χ3v) is 2.84. The Bertz CT molecular complexity index is 327. The number of nitrogens with one attached hydrogen (secondary N) is 1. The Morgan fingerprint density at radius 1 is 1.53 bits per heavy atom. The summed E-state index contributed by atoms with van der Waals surface area (Å²) in [6.45, 7) is 7.97. The molecule has 0 aromatic heterocycles. The van der Waals surface area contributed by atoms with Crippen LogP contribution in [0, 0.1) is 0 Å². The fourth-order valence-electron chi connectivity index (χ4n) is 1.77. The molecule has 0 spiro atoms. The van der Waals surface area contributed by atoms with E-state index in [1.807, 2.05) is 20.8 Å². The number of rotatable bonds is 3. The minimum Gasteiger partial charge on any atom is -0.444 e. The molecule has 4 nitrogen and oxygen atoms in total. The van der Waals surface area contributed by atoms with Crippen LogP contribution in [0.3, 0.4) is 0 Å². The third kappa shape index (κ3) is 4.04. The van der Waals surface area contributed by atoms with E-state index < -0.39 is 5.60 Å². The summed E-state index contributed by atoms with van der Waals surface area (Å²) in [5.41, 5.74) is 0.884. The first-order valence-corrected chi connectivity index (χ1v) is 6.33. The Kier molecular flexibility index (Phi) is 3.43. The number of hydrogen-bond donors (Lipinski definition) is 1. The fraction of sp³-hybridized carbons (Fsp3) is 0.769. The molecule has 0 aromatic rings. The number of ether oxygens (including phenoxy) is 1. The molecule has 0 saturated heterocycles. The molecule has 2 aliphatic rings. The monoisotopic (exact) mass is 238 g/mol. The molecule has 2 rings (SSSR count). The molecule has 1 aliphatic heterocycles. The predicted octanol–water partition coefficient (Wildman–Crippen LogP) is 1.92. The smallest absolute Gasteiger partial charge is 0.410 e. The summed E-state index contributed by atoms with van der Waals surface area (Å²) in [6, 6.07) is 0.714. The van der Waals surface area contributed by atoms with Gasteiger partial charge in [0, 0.05) is 25.7 Å². The summed E-state index contributed by atoms with van der Waals surface area (Å²) in [4.78, 5) is 13.6. The SMILES string of the molecule is CC(C)(C)OC(=O)N1CC=C(CNC2CC2)C1. The lowest BCUT2D eigenvalue weighted by Crippen LogP contribution is -2.36. The zero-order valence-electron chi connectivity index (χ0n) is 11.0. The van der Waals surface area contributed by atoms with E-state index in [1.54, 1.807) is 4.90 Å². The predicted molar refractivity (Wildman–Crippen MR) is 66.9 cm³/mol. The molecule has 0 radical (unpaired) electrons. The molecule has 1 N–H and O–H groups in total. The highest BCUT2D eigenvalue weighted by Gasteiger charge is 2.26. The Labute approximate surface area is 103 Å². The average molecular weight is 238 g/mol. The van der Waals surface area contributed by atoms with E-state index in [1.165, 1.54) is 18.4 Å². The van der Waals surface area contributed by atoms with Crippen molar-refractivity contribution in [1.82, 2.24) is 10.2 Å². The van der Waals surface area contributed by atoms with Crippen LogP contribution in [0.4, 0.5) is 4.79 Å². The standard InChI is InChI=1S/C13H22N2O2/c1-13(2,3)17-12(16)15-7-6-10(9-15)8-14-11-4-5-11/h6,11,14H,4-5,7-9H2,1-3H3. The van der Waals surface area contributed by atoms with Crippen LogP contribution in [0.15, 0.2) is 11.6 Å². The lowest BCUT2D eigenvalue weighted by molar-refractivity contribution is 0.0301. The van der Waals surface area contributed by atoms with Crippen molar-refractivity contribution >= 4 is 6.09 Å². The van der Waals surface area contributed by atoms with Crippen molar-refractivity contribution in [2.24, 2.45) is 0 Å². The van der Waals surface area contributed by atoms with Crippen molar-refractivity contribution in [1.29, 1.82) is 0 Å². The van der Waals surface area contributed by atoms with Crippen LogP contribution in [-0.2, 0) is 4.74 Å². The maximum Gasteiger partial charge on any atom is 0.410 e. The van der Waals surface area contributed by atoms with Crippen LogP contribution in [0.5, 0.6) is 0 Å². The molecule has 1 saturated carbocycles. The van der Waals surface area contributed by atoms with Crippen LogP contribution in [0.2, 0.25) is 0 Å². The largest absolute Gasteiger partial charge is 0.444 e. The second-order valence-corrected chi connectivity index (χ2v) is 5.88. The van der Waals surface area contributed by atoms with Crippen molar-refractivity contribution in [3.63, 3.8) is 0 Å². The number of hydrogen-bond acceptors (Lipinski definition) is 3. The molecule has 0 atom stereocenters. The molecule has 96 valence electrons. The van der Waals surface area contributed by atoms with E-state index in [-0.39, 0.29) is 6.09 Å². The first-order chi connectivity index (χ1) is 7.94. The van der Waals surface area contributed by atoms with Gasteiger partial charge in [-0.2, -0.15) is 0 Å². The Balaban J connectivity index is 1.72. The van der Waals surface area contributed by atoms with E-state index in [4.69, 9.17) is 4.74 Å². The van der Waals surface area contributed by atoms with Crippen molar-refractivity contribution in [3.8, 4) is 0 Å². The summed E-state index contributed by atoms with van der Waals surface area (Å²) in [6.07, 6.45) is 4.50. The minimum absolute atomic E-state index is 0.213. The van der Waals surface area contributed by atoms with Gasteiger partial charge in [0.15, 0.2) is 0 Å². The molecule has 0 bridgehead atoms. The zero-order chi connectivity index (χ0) is 12.5. The topological polar surface area (TPSA) is 41.6 Å². The second-order valence-electron chi connectivity index (χ2n) is 5.88. The molecule has 0 unspecified atom stereocenters. The highest BCUT2D eigenvalue weighted by molar-refractivity contribution is 5.69. The molecular weight excluding hydrogens is 216 g/mol. The van der Waals surface area contributed by atoms with Gasteiger partial charge >= 0.3 is 6.09 Å². The van der Waals surface area contributed by atoms with Gasteiger partial charge in [-0.3, -0.25) is 0 Å². The van der Waals surface area contributed by atoms with Gasteiger partial charge in [0.1, 0.15) is 5.60 Å². The van der Waals surface area contributed by atoms with E-state index in [2.05, 4.69) is 11.4 Å². The van der Waals surface area contributed by atoms with Crippen LogP contribution in [0.1, 0.15) is 33.6 Å². The number of carbonyl (C=O) groups excluding carboxylic acids is 1. The number of amides is 1. The molecule has 1 heterocycles. The average Bonchev–Trinajstić information content (AvgIpc) is 2.90. The van der Waals surface area contributed by atoms with Crippen molar-refractivity contribution in [2.45, 2.75) is 45.3 Å². The van der Waals surface area contributed by atoms with Crippen molar-refractivity contribution in [2.75, 3.05) is 19.6 Å². The fourth-order valence-corrected chi connectivity index (χ4v) is 1.77. The molecule has 1 aliphatic carbocycles. The van der Waals surface area contributed by atoms with Gasteiger partial charge in [-0.15, -0.1) is 0 Å². The Hall–Kier alpha value is -1.03. The maximum atomic E-state index is 11.8. The van der Waals surface area contributed by atoms with Crippen molar-refractivity contribution in [3.05, 3.63) is 11.6 Å². The normalized spacial score (nSPS) is 20.4. The van der Waals surface area contributed by atoms with Gasteiger partial charge in [0.05, 0.1) is 0 Å². The van der Waals surface area contributed by atoms with E-state index in [0.717, 1.165) is 6.54 Å². The summed E-state index contributed by atoms with van der Waals surface area (Å²) >= 11 is 0. The molecular formula is C13H22N2O2. The Morgan fingerprint density at radius 3 is 2.82 bits per heavy atom. The molecule has 0 aromatic carbocycles. The quantitative estimate of drug-likeness (QED) is 0.764. The van der Waals surface area contributed by atoms with Gasteiger partial charge in [-0.1, -0.05) is 6.08 Å². The van der Waals surface area contributed by atoms with Gasteiger partial charge in [-0.05, 0) is 39.2 Å². The number of carbonyl (C=O) groups is 1. The lowest BCUT2D eigenvalue weighted by atomic mass is 10.2. The lowest BCUT2D eigenvalue weighted by Gasteiger charge is -2.24. The minimum atomic E-state index is -0.411. The van der Waals surface area contributed by atoms with Crippen molar-refractivity contribution < 1.29 is 9.53 Å². The first kappa shape index (κ1) is 12.4. The molecule has 1 fully saturated rings. The van der Waals surface area contributed by atoms with Gasteiger partial charge < -0.3 is 15.0 Å². The van der Waals surface area contributed by atoms with Crippen LogP contribution >= 0.6 is 0 Å². The third-order valence-electron chi connectivity index (χ3n) is 2.84. The van der Waals surface area contributed by atoms with Gasteiger partial charge in [-0.25, -0.2) is 4.79 Å². The summed E-state index contributed by atoms with van der Waals surface area (Å²) in [5, 5.41) is 3.46. The summed E-state index contributed by atoms with van der Waals surface area (Å²) in [5.74, 6) is 0. The van der Waals surface area contributed by atoms with Gasteiger partial charge in [0.2, 0.25) is 0 Å². The highest BCUT2D eigenvalue weighted by atomic mass is 16.6. The van der Waals surface area contributed by atoms with E-state index >= 15 is 0 Å². The highest BCUT2D eigenvalue weighted by Crippen LogP contribution is 2.20. The van der Waals surface area contributed by atoms with Crippen LogP contribution in [0.25, 0.3) is 0 Å². The number of nitrogens with zero attached hydrogens (tertiary/aromatic N) is 1. The molecule has 4 heteroatoms. The summed E-state index contributed by atoms with van der Waals surface area (Å²) in [7, 11) is 0. The first-order valence-electron chi connectivity index (χ1n) is 6.33. The summed E-state index contributed by atoms with van der Waals surface area (Å²) < 4.78 is 5.34. The maximum absolute atomic E-state index is 11.8. The zero-order valence-corrected chi connectivity index (χ0v) is 11.0. The van der Waals surface area contributed by atoms with Crippen LogP contribution < -0.4 is 5.32 Å². The van der Waals surface area contributed by atoms with E-state index in [0.29, 0.717) is 19.1 Å². The van der Waals surface area contributed by atoms with Gasteiger partial charge in [0.25, 0.3) is 0 Å². The van der Waals surface area contributed by atoms with E-state index in [9.17, 15) is 4.79 Å². The molecule has 17 heavy (non-hydrogen) atoms. The second kappa shape index (κ2) is 4.69. The Morgan fingerprint density at radius 2 is 2.24 bits per heavy atom. The molecule has 1 amide bonds. The van der Waals surface area contributed by atoms with Crippen LogP contribution in [-0.4, -0.2) is 42.3 Å².